The SMILES string of the molecule is Cc1ccc(OCC(=O)Nc2ccc3c(c2)C(=O)NC3=O)c([N+](=O)[O-])c1. The quantitative estimate of drug-likeness (QED) is 0.478. The zero-order valence-corrected chi connectivity index (χ0v) is 13.6. The van der Waals surface area contributed by atoms with Crippen molar-refractivity contribution in [2.24, 2.45) is 0 Å². The third-order valence-corrected chi connectivity index (χ3v) is 3.69. The second-order valence-corrected chi connectivity index (χ2v) is 5.61. The second-order valence-electron chi connectivity index (χ2n) is 5.61. The first-order chi connectivity index (χ1) is 12.3. The fraction of sp³-hybridized carbons (Fsp3) is 0.118. The molecule has 0 aromatic heterocycles. The Morgan fingerprint density at radius 2 is 1.88 bits per heavy atom. The fourth-order valence-corrected chi connectivity index (χ4v) is 2.48. The second kappa shape index (κ2) is 6.63. The van der Waals surface area contributed by atoms with Gasteiger partial charge in [-0.1, -0.05) is 6.07 Å². The van der Waals surface area contributed by atoms with Crippen molar-refractivity contribution in [2.75, 3.05) is 11.9 Å². The summed E-state index contributed by atoms with van der Waals surface area (Å²) >= 11 is 0. The minimum atomic E-state index is -0.587. The summed E-state index contributed by atoms with van der Waals surface area (Å²) in [7, 11) is 0. The van der Waals surface area contributed by atoms with E-state index >= 15 is 0 Å². The normalized spacial score (nSPS) is 12.3. The number of carbonyl (C=O) groups is 3. The number of ether oxygens (including phenoxy) is 1. The molecule has 2 N–H and O–H groups in total. The van der Waals surface area contributed by atoms with Crippen LogP contribution in [0.15, 0.2) is 36.4 Å². The number of rotatable bonds is 5. The van der Waals surface area contributed by atoms with Gasteiger partial charge in [-0.15, -0.1) is 0 Å². The Morgan fingerprint density at radius 1 is 1.15 bits per heavy atom. The van der Waals surface area contributed by atoms with E-state index in [9.17, 15) is 24.5 Å². The van der Waals surface area contributed by atoms with Crippen LogP contribution in [0.25, 0.3) is 0 Å². The number of anilines is 1. The summed E-state index contributed by atoms with van der Waals surface area (Å²) in [5.41, 5.74) is 1.17. The minimum absolute atomic E-state index is 0.0188. The van der Waals surface area contributed by atoms with Gasteiger partial charge < -0.3 is 10.1 Å². The topological polar surface area (TPSA) is 128 Å². The van der Waals surface area contributed by atoms with Crippen LogP contribution in [-0.2, 0) is 4.79 Å². The molecule has 2 aromatic carbocycles. The lowest BCUT2D eigenvalue weighted by Gasteiger charge is -2.09. The molecule has 1 aliphatic rings. The number of amides is 3. The number of aryl methyl sites for hydroxylation is 1. The molecular formula is C17H13N3O6. The molecule has 3 amide bonds. The van der Waals surface area contributed by atoms with E-state index < -0.39 is 29.3 Å². The lowest BCUT2D eigenvalue weighted by Crippen LogP contribution is -2.21. The molecular weight excluding hydrogens is 342 g/mol. The first-order valence-electron chi connectivity index (χ1n) is 7.52. The van der Waals surface area contributed by atoms with Crippen LogP contribution in [-0.4, -0.2) is 29.3 Å². The largest absolute Gasteiger partial charge is 0.477 e. The van der Waals surface area contributed by atoms with E-state index in [1.807, 2.05) is 0 Å². The average molecular weight is 355 g/mol. The summed E-state index contributed by atoms with van der Waals surface area (Å²) in [6.45, 7) is 1.25. The summed E-state index contributed by atoms with van der Waals surface area (Å²) in [4.78, 5) is 45.6. The van der Waals surface area contributed by atoms with Crippen LogP contribution < -0.4 is 15.4 Å². The molecule has 0 saturated heterocycles. The number of nitro groups is 1. The van der Waals surface area contributed by atoms with Crippen molar-refractivity contribution in [2.45, 2.75) is 6.92 Å². The molecule has 1 heterocycles. The molecule has 0 spiro atoms. The molecule has 0 radical (unpaired) electrons. The molecule has 0 saturated carbocycles. The van der Waals surface area contributed by atoms with E-state index in [0.717, 1.165) is 0 Å². The summed E-state index contributed by atoms with van der Waals surface area (Å²) in [6, 6.07) is 8.69. The summed E-state index contributed by atoms with van der Waals surface area (Å²) in [6.07, 6.45) is 0. The molecule has 132 valence electrons. The van der Waals surface area contributed by atoms with Crippen LogP contribution >= 0.6 is 0 Å². The number of hydrogen-bond donors (Lipinski definition) is 2. The predicted octanol–water partition coefficient (Wildman–Crippen LogP) is 1.80. The van der Waals surface area contributed by atoms with Gasteiger partial charge in [0.05, 0.1) is 16.1 Å². The highest BCUT2D eigenvalue weighted by molar-refractivity contribution is 6.22. The molecule has 1 aliphatic heterocycles. The van der Waals surface area contributed by atoms with Crippen molar-refractivity contribution < 1.29 is 24.0 Å². The average Bonchev–Trinajstić information content (AvgIpc) is 2.87. The van der Waals surface area contributed by atoms with Gasteiger partial charge in [0.1, 0.15) is 0 Å². The van der Waals surface area contributed by atoms with Crippen molar-refractivity contribution in [3.05, 3.63) is 63.2 Å². The molecule has 0 bridgehead atoms. The monoisotopic (exact) mass is 355 g/mol. The Labute approximate surface area is 147 Å². The van der Waals surface area contributed by atoms with E-state index in [-0.39, 0.29) is 22.6 Å². The van der Waals surface area contributed by atoms with Crippen molar-refractivity contribution in [1.29, 1.82) is 0 Å². The van der Waals surface area contributed by atoms with Gasteiger partial charge in [0.15, 0.2) is 12.4 Å². The predicted molar refractivity (Wildman–Crippen MR) is 90.2 cm³/mol. The number of nitrogens with zero attached hydrogens (tertiary/aromatic N) is 1. The fourth-order valence-electron chi connectivity index (χ4n) is 2.48. The van der Waals surface area contributed by atoms with E-state index in [1.54, 1.807) is 13.0 Å². The Kier molecular flexibility index (Phi) is 4.36. The smallest absolute Gasteiger partial charge is 0.311 e. The van der Waals surface area contributed by atoms with Crippen LogP contribution in [0.1, 0.15) is 26.3 Å². The Bertz CT molecular complexity index is 954. The van der Waals surface area contributed by atoms with Crippen LogP contribution in [0, 0.1) is 17.0 Å². The lowest BCUT2D eigenvalue weighted by atomic mass is 10.1. The van der Waals surface area contributed by atoms with Gasteiger partial charge in [-0.3, -0.25) is 29.8 Å². The zero-order chi connectivity index (χ0) is 18.8. The van der Waals surface area contributed by atoms with E-state index in [4.69, 9.17) is 4.74 Å². The first-order valence-corrected chi connectivity index (χ1v) is 7.52. The number of imide groups is 1. The molecule has 26 heavy (non-hydrogen) atoms. The third kappa shape index (κ3) is 3.36. The Morgan fingerprint density at radius 3 is 2.62 bits per heavy atom. The molecule has 2 aromatic rings. The molecule has 0 fully saturated rings. The number of fused-ring (bicyclic) bond motifs is 1. The zero-order valence-electron chi connectivity index (χ0n) is 13.6. The van der Waals surface area contributed by atoms with Crippen LogP contribution in [0.3, 0.4) is 0 Å². The Balaban J connectivity index is 1.67. The maximum atomic E-state index is 12.0. The molecule has 0 aliphatic carbocycles. The van der Waals surface area contributed by atoms with Gasteiger partial charge in [0.25, 0.3) is 17.7 Å². The summed E-state index contributed by atoms with van der Waals surface area (Å²) in [5, 5.41) is 15.7. The van der Waals surface area contributed by atoms with Crippen molar-refractivity contribution in [3.8, 4) is 5.75 Å². The summed E-state index contributed by atoms with van der Waals surface area (Å²) < 4.78 is 5.23. The maximum Gasteiger partial charge on any atom is 0.311 e. The van der Waals surface area contributed by atoms with Crippen molar-refractivity contribution in [3.63, 3.8) is 0 Å². The van der Waals surface area contributed by atoms with Crippen molar-refractivity contribution in [1.82, 2.24) is 5.32 Å². The maximum absolute atomic E-state index is 12.0. The van der Waals surface area contributed by atoms with E-state index in [0.29, 0.717) is 11.3 Å². The lowest BCUT2D eigenvalue weighted by molar-refractivity contribution is -0.385. The van der Waals surface area contributed by atoms with Crippen LogP contribution in [0.5, 0.6) is 5.75 Å². The van der Waals surface area contributed by atoms with Gasteiger partial charge in [0.2, 0.25) is 0 Å². The van der Waals surface area contributed by atoms with Gasteiger partial charge in [0, 0.05) is 11.8 Å². The third-order valence-electron chi connectivity index (χ3n) is 3.69. The van der Waals surface area contributed by atoms with Gasteiger partial charge in [-0.05, 0) is 36.8 Å². The van der Waals surface area contributed by atoms with E-state index in [2.05, 4.69) is 10.6 Å². The first kappa shape index (κ1) is 17.1. The minimum Gasteiger partial charge on any atom is -0.477 e. The van der Waals surface area contributed by atoms with Crippen LogP contribution in [0.4, 0.5) is 11.4 Å². The summed E-state index contributed by atoms with van der Waals surface area (Å²) in [5.74, 6) is -1.61. The standard InChI is InChI=1S/C17H13N3O6/c1-9-2-5-14(13(6-9)20(24)25)26-8-15(21)18-10-3-4-11-12(7-10)17(23)19-16(11)22/h2-7H,8H2,1H3,(H,18,21)(H,19,22,23). The molecule has 9 nitrogen and oxygen atoms in total. The number of nitro benzene ring substituents is 1. The molecule has 0 atom stereocenters. The van der Waals surface area contributed by atoms with Crippen LogP contribution in [0.2, 0.25) is 0 Å². The van der Waals surface area contributed by atoms with Gasteiger partial charge in [-0.2, -0.15) is 0 Å². The number of nitrogens with one attached hydrogen (secondary N) is 2. The molecule has 9 heteroatoms. The highest BCUT2D eigenvalue weighted by Gasteiger charge is 2.26. The van der Waals surface area contributed by atoms with Crippen molar-refractivity contribution >= 4 is 29.1 Å². The number of hydrogen-bond acceptors (Lipinski definition) is 6. The Hall–Kier alpha value is -3.75. The molecule has 3 rings (SSSR count). The number of benzene rings is 2. The molecule has 0 unspecified atom stereocenters. The number of carbonyl (C=O) groups excluding carboxylic acids is 3. The van der Waals surface area contributed by atoms with Gasteiger partial charge in [-0.25, -0.2) is 0 Å². The highest BCUT2D eigenvalue weighted by atomic mass is 16.6. The highest BCUT2D eigenvalue weighted by Crippen LogP contribution is 2.27. The van der Waals surface area contributed by atoms with E-state index in [1.165, 1.54) is 30.3 Å². The van der Waals surface area contributed by atoms with Gasteiger partial charge >= 0.3 is 5.69 Å².